The lowest BCUT2D eigenvalue weighted by molar-refractivity contribution is 0.468. The molecule has 0 bridgehead atoms. The molecule has 0 amide bonds. The van der Waals surface area contributed by atoms with Crippen LogP contribution < -0.4 is 0 Å². The van der Waals surface area contributed by atoms with Crippen LogP contribution in [0.3, 0.4) is 0 Å². The second-order valence-corrected chi connectivity index (χ2v) is 2.06. The summed E-state index contributed by atoms with van der Waals surface area (Å²) in [5.74, 6) is 0.174. The van der Waals surface area contributed by atoms with E-state index in [0.29, 0.717) is 4.60 Å². The Balaban J connectivity index is 0.000000371. The van der Waals surface area contributed by atoms with Gasteiger partial charge in [-0.1, -0.05) is 0 Å². The highest BCUT2D eigenvalue weighted by molar-refractivity contribution is 9.10. The Hall–Kier alpha value is -1.01. The molecule has 0 aliphatic carbocycles. The minimum Gasteiger partial charge on any atom is -0.505 e. The molecule has 2 nitrogen and oxygen atoms in total. The first-order valence-electron chi connectivity index (χ1n) is 2.43. The van der Waals surface area contributed by atoms with Crippen LogP contribution in [0.1, 0.15) is 0 Å². The highest BCUT2D eigenvalue weighted by Crippen LogP contribution is 2.17. The fourth-order valence-electron chi connectivity index (χ4n) is 0.378. The van der Waals surface area contributed by atoms with Crippen molar-refractivity contribution in [3.63, 3.8) is 0 Å². The van der Waals surface area contributed by atoms with E-state index in [1.54, 1.807) is 18.3 Å². The molecule has 0 spiro atoms. The molecular weight excluding hydrogens is 194 g/mol. The summed E-state index contributed by atoms with van der Waals surface area (Å²) in [6.07, 6.45) is 9.60. The number of aromatic hydroxyl groups is 1. The van der Waals surface area contributed by atoms with Crippen LogP contribution in [0.25, 0.3) is 0 Å². The highest BCUT2D eigenvalue weighted by Gasteiger charge is 1.91. The Kier molecular flexibility index (Phi) is 4.34. The number of hydrogen-bond acceptors (Lipinski definition) is 2. The van der Waals surface area contributed by atoms with Crippen molar-refractivity contribution in [1.82, 2.24) is 4.98 Å². The van der Waals surface area contributed by atoms with E-state index < -0.39 is 0 Å². The summed E-state index contributed by atoms with van der Waals surface area (Å²) in [6, 6.07) is 3.23. The fraction of sp³-hybridized carbons (Fsp3) is 0. The molecule has 1 aromatic rings. The minimum atomic E-state index is 0.174. The molecule has 0 radical (unpaired) electrons. The molecule has 52 valence electrons. The SMILES string of the molecule is C#C.Oc1cccnc1Br. The Morgan fingerprint density at radius 1 is 1.50 bits per heavy atom. The molecule has 10 heavy (non-hydrogen) atoms. The van der Waals surface area contributed by atoms with Crippen LogP contribution in [-0.4, -0.2) is 10.1 Å². The molecule has 0 fully saturated rings. The second-order valence-electron chi connectivity index (χ2n) is 1.31. The van der Waals surface area contributed by atoms with Crippen LogP contribution in [0.5, 0.6) is 5.75 Å². The van der Waals surface area contributed by atoms with Crippen molar-refractivity contribution in [3.8, 4) is 18.6 Å². The number of halogens is 1. The van der Waals surface area contributed by atoms with E-state index in [9.17, 15) is 0 Å². The first kappa shape index (κ1) is 8.99. The van der Waals surface area contributed by atoms with Crippen molar-refractivity contribution in [1.29, 1.82) is 0 Å². The molecule has 3 heteroatoms. The maximum absolute atomic E-state index is 8.81. The standard InChI is InChI=1S/C5H4BrNO.C2H2/c6-5-4(8)2-1-3-7-5;1-2/h1-3,8H;1-2H. The summed E-state index contributed by atoms with van der Waals surface area (Å²) < 4.78 is 0.486. The molecular formula is C7H6BrNO. The Bertz CT molecular complexity index is 201. The van der Waals surface area contributed by atoms with Crippen molar-refractivity contribution >= 4 is 15.9 Å². The van der Waals surface area contributed by atoms with E-state index in [1.807, 2.05) is 0 Å². The van der Waals surface area contributed by atoms with Crippen LogP contribution in [-0.2, 0) is 0 Å². The van der Waals surface area contributed by atoms with Crippen molar-refractivity contribution in [2.24, 2.45) is 0 Å². The van der Waals surface area contributed by atoms with E-state index in [-0.39, 0.29) is 5.75 Å². The average molecular weight is 200 g/mol. The van der Waals surface area contributed by atoms with Gasteiger partial charge in [-0.15, -0.1) is 12.8 Å². The van der Waals surface area contributed by atoms with Gasteiger partial charge in [0.05, 0.1) is 0 Å². The zero-order valence-electron chi connectivity index (χ0n) is 5.16. The summed E-state index contributed by atoms with van der Waals surface area (Å²) >= 11 is 3.03. The van der Waals surface area contributed by atoms with Gasteiger partial charge in [-0.3, -0.25) is 0 Å². The summed E-state index contributed by atoms with van der Waals surface area (Å²) in [7, 11) is 0. The summed E-state index contributed by atoms with van der Waals surface area (Å²) in [5.41, 5.74) is 0. The predicted molar refractivity (Wildman–Crippen MR) is 43.5 cm³/mol. The Morgan fingerprint density at radius 3 is 2.40 bits per heavy atom. The molecule has 1 aromatic heterocycles. The number of rotatable bonds is 0. The molecule has 0 aliphatic rings. The fourth-order valence-corrected chi connectivity index (χ4v) is 0.628. The number of hydrogen-bond donors (Lipinski definition) is 1. The zero-order valence-corrected chi connectivity index (χ0v) is 6.75. The number of terminal acetylenes is 1. The lowest BCUT2D eigenvalue weighted by Crippen LogP contribution is -1.71. The molecule has 0 saturated carbocycles. The van der Waals surface area contributed by atoms with Crippen LogP contribution in [0.2, 0.25) is 0 Å². The third kappa shape index (κ3) is 2.51. The van der Waals surface area contributed by atoms with Crippen molar-refractivity contribution in [3.05, 3.63) is 22.9 Å². The van der Waals surface area contributed by atoms with Gasteiger partial charge in [-0.25, -0.2) is 4.98 Å². The van der Waals surface area contributed by atoms with E-state index >= 15 is 0 Å². The van der Waals surface area contributed by atoms with Crippen molar-refractivity contribution < 1.29 is 5.11 Å². The maximum Gasteiger partial charge on any atom is 0.148 e. The molecule has 0 saturated heterocycles. The van der Waals surface area contributed by atoms with Crippen LogP contribution in [0, 0.1) is 12.8 Å². The lowest BCUT2D eigenvalue weighted by atomic mass is 10.5. The van der Waals surface area contributed by atoms with E-state index in [4.69, 9.17) is 5.11 Å². The maximum atomic E-state index is 8.81. The lowest BCUT2D eigenvalue weighted by Gasteiger charge is -1.89. The largest absolute Gasteiger partial charge is 0.505 e. The third-order valence-electron chi connectivity index (χ3n) is 0.739. The van der Waals surface area contributed by atoms with Gasteiger partial charge in [-0.05, 0) is 28.1 Å². The van der Waals surface area contributed by atoms with Crippen LogP contribution in [0.15, 0.2) is 22.9 Å². The Morgan fingerprint density at radius 2 is 2.10 bits per heavy atom. The van der Waals surface area contributed by atoms with Gasteiger partial charge in [0.2, 0.25) is 0 Å². The topological polar surface area (TPSA) is 33.1 Å². The van der Waals surface area contributed by atoms with Crippen LogP contribution in [0.4, 0.5) is 0 Å². The monoisotopic (exact) mass is 199 g/mol. The van der Waals surface area contributed by atoms with E-state index in [1.165, 1.54) is 0 Å². The third-order valence-corrected chi connectivity index (χ3v) is 1.35. The van der Waals surface area contributed by atoms with Gasteiger partial charge in [0, 0.05) is 6.20 Å². The van der Waals surface area contributed by atoms with Gasteiger partial charge < -0.3 is 5.11 Å². The number of pyridine rings is 1. The first-order valence-corrected chi connectivity index (χ1v) is 3.23. The molecule has 0 aromatic carbocycles. The molecule has 0 atom stereocenters. The van der Waals surface area contributed by atoms with Gasteiger partial charge in [0.25, 0.3) is 0 Å². The van der Waals surface area contributed by atoms with Gasteiger partial charge in [0.15, 0.2) is 0 Å². The summed E-state index contributed by atoms with van der Waals surface area (Å²) in [6.45, 7) is 0. The predicted octanol–water partition coefficient (Wildman–Crippen LogP) is 1.80. The number of nitrogens with zero attached hydrogens (tertiary/aromatic N) is 1. The first-order chi connectivity index (χ1) is 4.80. The highest BCUT2D eigenvalue weighted by atomic mass is 79.9. The van der Waals surface area contributed by atoms with E-state index in [2.05, 4.69) is 33.8 Å². The van der Waals surface area contributed by atoms with Gasteiger partial charge in [0.1, 0.15) is 10.4 Å². The molecule has 1 rings (SSSR count). The van der Waals surface area contributed by atoms with Crippen molar-refractivity contribution in [2.75, 3.05) is 0 Å². The zero-order chi connectivity index (χ0) is 7.98. The summed E-state index contributed by atoms with van der Waals surface area (Å²) in [4.78, 5) is 3.75. The van der Waals surface area contributed by atoms with Gasteiger partial charge >= 0.3 is 0 Å². The number of aromatic nitrogens is 1. The average Bonchev–Trinajstić information content (AvgIpc) is 2.00. The summed E-state index contributed by atoms with van der Waals surface area (Å²) in [5, 5.41) is 8.81. The van der Waals surface area contributed by atoms with E-state index in [0.717, 1.165) is 0 Å². The quantitative estimate of drug-likeness (QED) is 0.511. The van der Waals surface area contributed by atoms with Crippen LogP contribution >= 0.6 is 15.9 Å². The molecule has 0 unspecified atom stereocenters. The molecule has 1 heterocycles. The Labute approximate surface area is 68.0 Å². The molecule has 0 aliphatic heterocycles. The second kappa shape index (κ2) is 4.83. The molecule has 1 N–H and O–H groups in total. The smallest absolute Gasteiger partial charge is 0.148 e. The van der Waals surface area contributed by atoms with Crippen molar-refractivity contribution in [2.45, 2.75) is 0 Å². The van der Waals surface area contributed by atoms with Gasteiger partial charge in [-0.2, -0.15) is 0 Å². The normalized spacial score (nSPS) is 7.50. The minimum absolute atomic E-state index is 0.174.